The lowest BCUT2D eigenvalue weighted by molar-refractivity contribution is -0.117. The minimum absolute atomic E-state index is 0.0781. The van der Waals surface area contributed by atoms with Gasteiger partial charge in [0.1, 0.15) is 5.00 Å². The third kappa shape index (κ3) is 5.08. The molecule has 0 bridgehead atoms. The van der Waals surface area contributed by atoms with Crippen molar-refractivity contribution in [3.63, 3.8) is 0 Å². The van der Waals surface area contributed by atoms with Crippen LogP contribution in [0.3, 0.4) is 0 Å². The van der Waals surface area contributed by atoms with Crippen molar-refractivity contribution < 1.29 is 14.3 Å². The number of anilines is 2. The predicted molar refractivity (Wildman–Crippen MR) is 124 cm³/mol. The summed E-state index contributed by atoms with van der Waals surface area (Å²) in [7, 11) is 2.07. The molecule has 1 saturated heterocycles. The topological polar surface area (TPSA) is 65.1 Å². The minimum atomic E-state index is -0.337. The Balaban J connectivity index is 1.39. The molecular formula is C23H30N4O3S. The minimum Gasteiger partial charge on any atom is -0.462 e. The molecule has 0 spiro atoms. The standard InChI is InChI=1S/C23H30N4O3S/c1-3-30-23(29)21-18-9-10-25(2)15-19(18)31-22(21)24-20(28)16-26-11-13-27(14-12-26)17-7-5-4-6-8-17/h4-8H,3,9-16H2,1-2H3,(H,24,28). The second-order valence-electron chi connectivity index (χ2n) is 8.06. The van der Waals surface area contributed by atoms with E-state index >= 15 is 0 Å². The number of piperazine rings is 1. The van der Waals surface area contributed by atoms with Crippen molar-refractivity contribution in [1.82, 2.24) is 9.80 Å². The summed E-state index contributed by atoms with van der Waals surface area (Å²) in [6.45, 7) is 7.60. The Morgan fingerprint density at radius 3 is 2.55 bits per heavy atom. The molecule has 1 N–H and O–H groups in total. The molecule has 166 valence electrons. The average Bonchev–Trinajstić information content (AvgIpc) is 3.11. The normalized spacial score (nSPS) is 17.3. The number of nitrogens with one attached hydrogen (secondary N) is 1. The van der Waals surface area contributed by atoms with E-state index in [1.165, 1.54) is 17.0 Å². The number of carbonyl (C=O) groups is 2. The number of hydrogen-bond donors (Lipinski definition) is 1. The van der Waals surface area contributed by atoms with Gasteiger partial charge in [0, 0.05) is 49.8 Å². The van der Waals surface area contributed by atoms with Crippen molar-refractivity contribution in [3.05, 3.63) is 46.3 Å². The van der Waals surface area contributed by atoms with Gasteiger partial charge in [-0.05, 0) is 38.1 Å². The van der Waals surface area contributed by atoms with Gasteiger partial charge in [0.15, 0.2) is 0 Å². The van der Waals surface area contributed by atoms with Gasteiger partial charge in [-0.25, -0.2) is 4.79 Å². The molecule has 7 nitrogen and oxygen atoms in total. The number of amides is 1. The van der Waals surface area contributed by atoms with Crippen LogP contribution in [0.1, 0.15) is 27.7 Å². The van der Waals surface area contributed by atoms with E-state index in [-0.39, 0.29) is 11.9 Å². The molecule has 0 atom stereocenters. The van der Waals surface area contributed by atoms with Crippen LogP contribution < -0.4 is 10.2 Å². The molecule has 31 heavy (non-hydrogen) atoms. The maximum Gasteiger partial charge on any atom is 0.341 e. The van der Waals surface area contributed by atoms with Crippen LogP contribution in [-0.4, -0.2) is 74.6 Å². The van der Waals surface area contributed by atoms with Gasteiger partial charge >= 0.3 is 5.97 Å². The van der Waals surface area contributed by atoms with Gasteiger partial charge < -0.3 is 19.9 Å². The zero-order valence-corrected chi connectivity index (χ0v) is 19.0. The van der Waals surface area contributed by atoms with Crippen LogP contribution in [0.15, 0.2) is 30.3 Å². The highest BCUT2D eigenvalue weighted by Gasteiger charge is 2.29. The number of nitrogens with zero attached hydrogens (tertiary/aromatic N) is 3. The van der Waals surface area contributed by atoms with E-state index in [0.717, 1.165) is 56.1 Å². The number of ether oxygens (including phenoxy) is 1. The average molecular weight is 443 g/mol. The van der Waals surface area contributed by atoms with Gasteiger partial charge in [-0.2, -0.15) is 0 Å². The predicted octanol–water partition coefficient (Wildman–Crippen LogP) is 2.67. The molecule has 8 heteroatoms. The van der Waals surface area contributed by atoms with Crippen molar-refractivity contribution >= 4 is 33.9 Å². The van der Waals surface area contributed by atoms with Gasteiger partial charge in [-0.3, -0.25) is 9.69 Å². The van der Waals surface area contributed by atoms with E-state index in [9.17, 15) is 9.59 Å². The molecule has 0 saturated carbocycles. The molecule has 1 aromatic heterocycles. The Morgan fingerprint density at radius 1 is 1.10 bits per heavy atom. The molecule has 0 unspecified atom stereocenters. The number of thiophene rings is 1. The second-order valence-corrected chi connectivity index (χ2v) is 9.17. The van der Waals surface area contributed by atoms with Crippen molar-refractivity contribution in [1.29, 1.82) is 0 Å². The van der Waals surface area contributed by atoms with Crippen molar-refractivity contribution in [2.45, 2.75) is 19.9 Å². The number of likely N-dealkylation sites (N-methyl/N-ethyl adjacent to an activating group) is 1. The van der Waals surface area contributed by atoms with Gasteiger partial charge in [-0.15, -0.1) is 11.3 Å². The highest BCUT2D eigenvalue weighted by molar-refractivity contribution is 7.17. The number of rotatable bonds is 6. The zero-order valence-electron chi connectivity index (χ0n) is 18.2. The molecule has 1 aromatic carbocycles. The second kappa shape index (κ2) is 9.80. The van der Waals surface area contributed by atoms with Crippen LogP contribution in [-0.2, 0) is 22.5 Å². The fourth-order valence-corrected chi connectivity index (χ4v) is 5.54. The number of para-hydroxylation sites is 1. The number of carbonyl (C=O) groups excluding carboxylic acids is 2. The first-order chi connectivity index (χ1) is 15.0. The Labute approximate surface area is 187 Å². The van der Waals surface area contributed by atoms with Gasteiger partial charge in [0.2, 0.25) is 5.91 Å². The molecule has 2 aliphatic rings. The lowest BCUT2D eigenvalue weighted by Gasteiger charge is -2.35. The maximum atomic E-state index is 12.8. The monoisotopic (exact) mass is 442 g/mol. The van der Waals surface area contributed by atoms with Crippen LogP contribution in [0.4, 0.5) is 10.7 Å². The smallest absolute Gasteiger partial charge is 0.341 e. The maximum absolute atomic E-state index is 12.8. The quantitative estimate of drug-likeness (QED) is 0.694. The molecule has 2 aliphatic heterocycles. The molecule has 2 aromatic rings. The fraction of sp³-hybridized carbons (Fsp3) is 0.478. The van der Waals surface area contributed by atoms with Gasteiger partial charge in [0.25, 0.3) is 0 Å². The summed E-state index contributed by atoms with van der Waals surface area (Å²) in [6, 6.07) is 10.4. The summed E-state index contributed by atoms with van der Waals surface area (Å²) < 4.78 is 5.29. The largest absolute Gasteiger partial charge is 0.462 e. The Bertz CT molecular complexity index is 922. The molecule has 0 aliphatic carbocycles. The van der Waals surface area contributed by atoms with E-state index < -0.39 is 0 Å². The van der Waals surface area contributed by atoms with Crippen molar-refractivity contribution in [3.8, 4) is 0 Å². The summed E-state index contributed by atoms with van der Waals surface area (Å²) in [6.07, 6.45) is 0.799. The number of esters is 1. The van der Waals surface area contributed by atoms with Gasteiger partial charge in [-0.1, -0.05) is 18.2 Å². The first-order valence-electron chi connectivity index (χ1n) is 10.9. The molecule has 4 rings (SSSR count). The van der Waals surface area contributed by atoms with E-state index in [4.69, 9.17) is 4.74 Å². The first kappa shape index (κ1) is 21.8. The Morgan fingerprint density at radius 2 is 1.84 bits per heavy atom. The summed E-state index contributed by atoms with van der Waals surface area (Å²) in [4.78, 5) is 33.3. The summed E-state index contributed by atoms with van der Waals surface area (Å²) in [5.74, 6) is -0.415. The Hall–Kier alpha value is -2.42. The van der Waals surface area contributed by atoms with Crippen molar-refractivity contribution in [2.24, 2.45) is 0 Å². The molecule has 0 radical (unpaired) electrons. The molecular weight excluding hydrogens is 412 g/mol. The Kier molecular flexibility index (Phi) is 6.89. The van der Waals surface area contributed by atoms with Crippen LogP contribution in [0.25, 0.3) is 0 Å². The van der Waals surface area contributed by atoms with E-state index in [0.29, 0.717) is 23.7 Å². The summed E-state index contributed by atoms with van der Waals surface area (Å²) in [5, 5.41) is 3.65. The van der Waals surface area contributed by atoms with Crippen LogP contribution >= 0.6 is 11.3 Å². The zero-order chi connectivity index (χ0) is 21.8. The number of hydrogen-bond acceptors (Lipinski definition) is 7. The van der Waals surface area contributed by atoms with E-state index in [1.807, 2.05) is 6.07 Å². The summed E-state index contributed by atoms with van der Waals surface area (Å²) in [5.41, 5.74) is 2.81. The van der Waals surface area contributed by atoms with Gasteiger partial charge in [0.05, 0.1) is 18.7 Å². The fourth-order valence-electron chi connectivity index (χ4n) is 4.21. The van der Waals surface area contributed by atoms with Crippen molar-refractivity contribution in [2.75, 3.05) is 63.1 Å². The van der Waals surface area contributed by atoms with E-state index in [1.54, 1.807) is 6.92 Å². The molecule has 1 fully saturated rings. The third-order valence-electron chi connectivity index (χ3n) is 5.84. The number of fused-ring (bicyclic) bond motifs is 1. The molecule has 1 amide bonds. The first-order valence-corrected chi connectivity index (χ1v) is 11.7. The SMILES string of the molecule is CCOC(=O)c1c(NC(=O)CN2CCN(c3ccccc3)CC2)sc2c1CCN(C)C2. The van der Waals surface area contributed by atoms with Crippen LogP contribution in [0.5, 0.6) is 0 Å². The number of benzene rings is 1. The lowest BCUT2D eigenvalue weighted by atomic mass is 10.0. The third-order valence-corrected chi connectivity index (χ3v) is 6.97. The summed E-state index contributed by atoms with van der Waals surface area (Å²) >= 11 is 1.51. The van der Waals surface area contributed by atoms with Crippen LogP contribution in [0.2, 0.25) is 0 Å². The van der Waals surface area contributed by atoms with Crippen LogP contribution in [0, 0.1) is 0 Å². The van der Waals surface area contributed by atoms with E-state index in [2.05, 4.69) is 51.3 Å². The lowest BCUT2D eigenvalue weighted by Crippen LogP contribution is -2.48. The molecule has 3 heterocycles. The highest BCUT2D eigenvalue weighted by atomic mass is 32.1. The highest BCUT2D eigenvalue weighted by Crippen LogP contribution is 2.37.